The Morgan fingerprint density at radius 2 is 1.87 bits per heavy atom. The number of rotatable bonds is 7. The van der Waals surface area contributed by atoms with Crippen molar-refractivity contribution in [2.24, 2.45) is 7.05 Å². The Morgan fingerprint density at radius 3 is 2.54 bits per heavy atom. The number of carbonyl (C=O) groups excluding carboxylic acids is 2. The van der Waals surface area contributed by atoms with Gasteiger partial charge < -0.3 is 29.4 Å². The Kier molecular flexibility index (Phi) is 7.56. The average Bonchev–Trinajstić information content (AvgIpc) is 3.45. The SMILES string of the molecule is CCC(C)(C)OC(=O)Nc1nc2[nH]c(-c3cccc([C@H](CO)NC(=O)OC(C)(C)C)c3)cc2c2c1ncn2C. The highest BCUT2D eigenvalue weighted by Gasteiger charge is 2.24. The van der Waals surface area contributed by atoms with Gasteiger partial charge in [0.05, 0.1) is 24.5 Å². The summed E-state index contributed by atoms with van der Waals surface area (Å²) >= 11 is 0. The highest BCUT2D eigenvalue weighted by molar-refractivity contribution is 6.09. The molecule has 1 atom stereocenters. The number of H-pyrrole nitrogens is 1. The first kappa shape index (κ1) is 27.9. The molecule has 0 saturated heterocycles. The zero-order valence-corrected chi connectivity index (χ0v) is 23.4. The Hall–Kier alpha value is -4.12. The summed E-state index contributed by atoms with van der Waals surface area (Å²) in [5, 5.41) is 16.3. The van der Waals surface area contributed by atoms with Crippen molar-refractivity contribution < 1.29 is 24.2 Å². The van der Waals surface area contributed by atoms with E-state index in [-0.39, 0.29) is 6.61 Å². The standard InChI is InChI=1S/C28H36N6O5/c1-8-28(5,6)39-26(37)33-24-21-22(34(7)15-29-21)18-13-19(30-23(18)32-24)16-10-9-11-17(12-16)20(14-35)31-25(36)38-27(2,3)4/h9-13,15,20,35H,8,14H2,1-7H3,(H,31,36)(H2,30,32,33,37)/t20-/m0/s1. The number of aliphatic hydroxyl groups is 1. The Balaban J connectivity index is 1.68. The molecule has 2 amide bonds. The maximum absolute atomic E-state index is 12.6. The van der Waals surface area contributed by atoms with Crippen LogP contribution in [0, 0.1) is 0 Å². The monoisotopic (exact) mass is 536 g/mol. The van der Waals surface area contributed by atoms with E-state index in [9.17, 15) is 14.7 Å². The van der Waals surface area contributed by atoms with Crippen LogP contribution in [0.15, 0.2) is 36.7 Å². The second-order valence-electron chi connectivity index (χ2n) is 11.1. The first-order valence-corrected chi connectivity index (χ1v) is 12.8. The van der Waals surface area contributed by atoms with Crippen LogP contribution in [0.1, 0.15) is 59.6 Å². The fraction of sp³-hybridized carbons (Fsp3) is 0.429. The van der Waals surface area contributed by atoms with E-state index in [1.165, 1.54) is 0 Å². The van der Waals surface area contributed by atoms with Gasteiger partial charge in [0.2, 0.25) is 0 Å². The van der Waals surface area contributed by atoms with Gasteiger partial charge in [-0.1, -0.05) is 25.1 Å². The number of fused-ring (bicyclic) bond motifs is 3. The summed E-state index contributed by atoms with van der Waals surface area (Å²) in [6.45, 7) is 10.7. The number of nitrogens with one attached hydrogen (secondary N) is 3. The molecule has 208 valence electrons. The number of hydrogen-bond donors (Lipinski definition) is 4. The predicted molar refractivity (Wildman–Crippen MR) is 149 cm³/mol. The molecule has 1 aromatic carbocycles. The minimum Gasteiger partial charge on any atom is -0.444 e. The molecule has 3 heterocycles. The van der Waals surface area contributed by atoms with Gasteiger partial charge in [-0.3, -0.25) is 5.32 Å². The smallest absolute Gasteiger partial charge is 0.413 e. The number of imidazole rings is 1. The molecule has 0 unspecified atom stereocenters. The summed E-state index contributed by atoms with van der Waals surface area (Å²) in [6.07, 6.45) is 1.11. The number of aromatic nitrogens is 4. The van der Waals surface area contributed by atoms with Crippen LogP contribution in [0.2, 0.25) is 0 Å². The molecule has 0 radical (unpaired) electrons. The van der Waals surface area contributed by atoms with Gasteiger partial charge in [-0.2, -0.15) is 0 Å². The molecule has 0 saturated carbocycles. The Labute approximate surface area is 226 Å². The summed E-state index contributed by atoms with van der Waals surface area (Å²) < 4.78 is 12.7. The zero-order chi connectivity index (χ0) is 28.5. The van der Waals surface area contributed by atoms with Gasteiger partial charge in [0, 0.05) is 18.1 Å². The summed E-state index contributed by atoms with van der Waals surface area (Å²) in [5.74, 6) is 0.291. The first-order chi connectivity index (χ1) is 18.3. The number of ether oxygens (including phenoxy) is 2. The van der Waals surface area contributed by atoms with Gasteiger partial charge in [-0.25, -0.2) is 19.6 Å². The number of aromatic amines is 1. The maximum atomic E-state index is 12.6. The molecule has 0 aliphatic carbocycles. The largest absolute Gasteiger partial charge is 0.444 e. The molecule has 4 aromatic rings. The van der Waals surface area contributed by atoms with E-state index in [4.69, 9.17) is 9.47 Å². The second-order valence-corrected chi connectivity index (χ2v) is 11.1. The van der Waals surface area contributed by atoms with Crippen molar-refractivity contribution in [2.75, 3.05) is 11.9 Å². The molecule has 0 spiro atoms. The third-order valence-corrected chi connectivity index (χ3v) is 6.35. The van der Waals surface area contributed by atoms with Crippen molar-refractivity contribution in [3.8, 4) is 11.3 Å². The summed E-state index contributed by atoms with van der Waals surface area (Å²) in [7, 11) is 1.87. The number of benzene rings is 1. The van der Waals surface area contributed by atoms with Crippen molar-refractivity contribution in [3.05, 3.63) is 42.2 Å². The van der Waals surface area contributed by atoms with Crippen LogP contribution in [0.4, 0.5) is 15.4 Å². The third kappa shape index (κ3) is 6.31. The molecule has 0 aliphatic rings. The molecule has 0 bridgehead atoms. The zero-order valence-electron chi connectivity index (χ0n) is 23.4. The summed E-state index contributed by atoms with van der Waals surface area (Å²) in [6, 6.07) is 8.78. The number of pyridine rings is 1. The highest BCUT2D eigenvalue weighted by atomic mass is 16.6. The van der Waals surface area contributed by atoms with Crippen LogP contribution < -0.4 is 10.6 Å². The van der Waals surface area contributed by atoms with Gasteiger partial charge in [0.1, 0.15) is 22.4 Å². The number of anilines is 1. The fourth-order valence-electron chi connectivity index (χ4n) is 4.09. The van der Waals surface area contributed by atoms with Gasteiger partial charge in [0.15, 0.2) is 5.82 Å². The van der Waals surface area contributed by atoms with E-state index in [0.717, 1.165) is 22.2 Å². The minimum absolute atomic E-state index is 0.291. The quantitative estimate of drug-likeness (QED) is 0.247. The van der Waals surface area contributed by atoms with Gasteiger partial charge in [-0.05, 0) is 64.3 Å². The molecule has 11 heteroatoms. The lowest BCUT2D eigenvalue weighted by molar-refractivity contribution is 0.0457. The van der Waals surface area contributed by atoms with Crippen molar-refractivity contribution in [2.45, 2.75) is 65.2 Å². The molecule has 39 heavy (non-hydrogen) atoms. The molecule has 0 aliphatic heterocycles. The van der Waals surface area contributed by atoms with Crippen molar-refractivity contribution in [1.29, 1.82) is 0 Å². The molecule has 4 N–H and O–H groups in total. The number of hydrogen-bond acceptors (Lipinski definition) is 7. The highest BCUT2D eigenvalue weighted by Crippen LogP contribution is 2.33. The van der Waals surface area contributed by atoms with Crippen LogP contribution in [0.3, 0.4) is 0 Å². The molecule has 11 nitrogen and oxygen atoms in total. The van der Waals surface area contributed by atoms with Crippen molar-refractivity contribution >= 4 is 40.1 Å². The fourth-order valence-corrected chi connectivity index (χ4v) is 4.09. The van der Waals surface area contributed by atoms with Crippen LogP contribution in [0.25, 0.3) is 33.3 Å². The number of alkyl carbamates (subject to hydrolysis) is 1. The number of amides is 2. The first-order valence-electron chi connectivity index (χ1n) is 12.8. The summed E-state index contributed by atoms with van der Waals surface area (Å²) in [4.78, 5) is 37.3. The molecule has 3 aromatic heterocycles. The minimum atomic E-state index is -0.656. The molecular formula is C28H36N6O5. The molecule has 0 fully saturated rings. The normalized spacial score (nSPS) is 12.9. The van der Waals surface area contributed by atoms with Crippen molar-refractivity contribution in [1.82, 2.24) is 24.8 Å². The van der Waals surface area contributed by atoms with E-state index >= 15 is 0 Å². The van der Waals surface area contributed by atoms with E-state index in [1.54, 1.807) is 27.1 Å². The molecular weight excluding hydrogens is 500 g/mol. The van der Waals surface area contributed by atoms with E-state index in [2.05, 4.69) is 25.6 Å². The van der Waals surface area contributed by atoms with Crippen LogP contribution in [-0.4, -0.2) is 54.6 Å². The third-order valence-electron chi connectivity index (χ3n) is 6.35. The Bertz CT molecular complexity index is 1510. The van der Waals surface area contributed by atoms with Crippen LogP contribution in [-0.2, 0) is 16.5 Å². The van der Waals surface area contributed by atoms with Gasteiger partial charge in [0.25, 0.3) is 0 Å². The van der Waals surface area contributed by atoms with Crippen LogP contribution >= 0.6 is 0 Å². The second kappa shape index (κ2) is 10.6. The molecule has 4 rings (SSSR count). The lowest BCUT2D eigenvalue weighted by Gasteiger charge is -2.23. The van der Waals surface area contributed by atoms with E-state index in [0.29, 0.717) is 29.0 Å². The number of aryl methyl sites for hydroxylation is 1. The number of aliphatic hydroxyl groups excluding tert-OH is 1. The lowest BCUT2D eigenvalue weighted by Crippen LogP contribution is -2.36. The average molecular weight is 537 g/mol. The Morgan fingerprint density at radius 1 is 1.13 bits per heavy atom. The van der Waals surface area contributed by atoms with E-state index < -0.39 is 29.4 Å². The van der Waals surface area contributed by atoms with Crippen molar-refractivity contribution in [3.63, 3.8) is 0 Å². The summed E-state index contributed by atoms with van der Waals surface area (Å²) in [5.41, 5.74) is 2.92. The lowest BCUT2D eigenvalue weighted by atomic mass is 10.0. The van der Waals surface area contributed by atoms with E-state index in [1.807, 2.05) is 62.7 Å². The maximum Gasteiger partial charge on any atom is 0.413 e. The predicted octanol–water partition coefficient (Wildman–Crippen LogP) is 5.41. The van der Waals surface area contributed by atoms with Gasteiger partial charge in [-0.15, -0.1) is 0 Å². The topological polar surface area (TPSA) is 143 Å². The van der Waals surface area contributed by atoms with Crippen LogP contribution in [0.5, 0.6) is 0 Å². The number of nitrogens with zero attached hydrogens (tertiary/aromatic N) is 3. The number of carbonyl (C=O) groups is 2. The van der Waals surface area contributed by atoms with Gasteiger partial charge >= 0.3 is 12.2 Å².